The molecule has 0 spiro atoms. The van der Waals surface area contributed by atoms with Crippen molar-refractivity contribution in [3.8, 4) is 17.1 Å². The molecule has 1 aliphatic heterocycles. The Hall–Kier alpha value is -4.12. The predicted molar refractivity (Wildman–Crippen MR) is 123 cm³/mol. The molecule has 0 saturated carbocycles. The van der Waals surface area contributed by atoms with Crippen molar-refractivity contribution in [3.63, 3.8) is 0 Å². The largest absolute Gasteiger partial charge is 0.463 e. The molecule has 35 heavy (non-hydrogen) atoms. The molecule has 1 amide bonds. The van der Waals surface area contributed by atoms with Crippen LogP contribution in [0.4, 0.5) is 4.39 Å². The number of amides is 1. The molecule has 1 aromatic carbocycles. The number of carbonyl (C=O) groups is 2. The maximum atomic E-state index is 13.2. The molecule has 0 bridgehead atoms. The fourth-order valence-electron chi connectivity index (χ4n) is 4.07. The second-order valence-electron chi connectivity index (χ2n) is 8.09. The number of fused-ring (bicyclic) bond motifs is 1. The van der Waals surface area contributed by atoms with Gasteiger partial charge in [-0.15, -0.1) is 5.10 Å². The van der Waals surface area contributed by atoms with Gasteiger partial charge < -0.3 is 14.4 Å². The zero-order chi connectivity index (χ0) is 24.4. The molecule has 5 rings (SSSR count). The Labute approximate surface area is 199 Å². The van der Waals surface area contributed by atoms with Crippen molar-refractivity contribution in [1.82, 2.24) is 29.3 Å². The summed E-state index contributed by atoms with van der Waals surface area (Å²) < 4.78 is 25.8. The van der Waals surface area contributed by atoms with Gasteiger partial charge in [0.2, 0.25) is 6.86 Å². The first-order valence-electron chi connectivity index (χ1n) is 11.1. The van der Waals surface area contributed by atoms with Crippen LogP contribution in [0, 0.1) is 0 Å². The van der Waals surface area contributed by atoms with Crippen molar-refractivity contribution in [1.29, 1.82) is 0 Å². The van der Waals surface area contributed by atoms with Gasteiger partial charge in [0.15, 0.2) is 17.3 Å². The van der Waals surface area contributed by atoms with E-state index in [1.165, 1.54) is 10.9 Å². The Morgan fingerprint density at radius 1 is 1.17 bits per heavy atom. The Bertz CT molecular complexity index is 1390. The van der Waals surface area contributed by atoms with Crippen LogP contribution in [0.3, 0.4) is 0 Å². The summed E-state index contributed by atoms with van der Waals surface area (Å²) in [5.41, 5.74) is 2.52. The van der Waals surface area contributed by atoms with Gasteiger partial charge >= 0.3 is 0 Å². The van der Waals surface area contributed by atoms with Crippen LogP contribution in [0.5, 0.6) is 5.75 Å². The molecule has 1 fully saturated rings. The van der Waals surface area contributed by atoms with Gasteiger partial charge in [0.1, 0.15) is 11.4 Å². The number of halogens is 1. The van der Waals surface area contributed by atoms with Crippen molar-refractivity contribution < 1.29 is 23.5 Å². The number of rotatable bonds is 7. The van der Waals surface area contributed by atoms with Crippen molar-refractivity contribution in [3.05, 3.63) is 65.6 Å². The number of morpholine rings is 1. The van der Waals surface area contributed by atoms with Gasteiger partial charge in [0.05, 0.1) is 25.0 Å². The quantitative estimate of drug-likeness (QED) is 0.376. The smallest absolute Gasteiger partial charge is 0.257 e. The molecular formula is C24H23FN6O4. The van der Waals surface area contributed by atoms with Gasteiger partial charge in [-0.1, -0.05) is 12.1 Å². The van der Waals surface area contributed by atoms with Gasteiger partial charge in [0.25, 0.3) is 5.91 Å². The van der Waals surface area contributed by atoms with E-state index >= 15 is 0 Å². The van der Waals surface area contributed by atoms with E-state index in [1.807, 2.05) is 0 Å². The first-order chi connectivity index (χ1) is 17.0. The minimum atomic E-state index is -0.921. The number of alkyl halides is 1. The third kappa shape index (κ3) is 4.62. The second kappa shape index (κ2) is 9.63. The van der Waals surface area contributed by atoms with E-state index in [-0.39, 0.29) is 23.8 Å². The summed E-state index contributed by atoms with van der Waals surface area (Å²) in [6, 6.07) is 10.4. The molecule has 0 aliphatic carbocycles. The lowest BCUT2D eigenvalue weighted by Crippen LogP contribution is -2.41. The number of ether oxygens (including phenoxy) is 2. The lowest BCUT2D eigenvalue weighted by molar-refractivity contribution is 0.0301. The summed E-state index contributed by atoms with van der Waals surface area (Å²) in [6.07, 6.45) is 3.24. The van der Waals surface area contributed by atoms with Gasteiger partial charge in [-0.25, -0.2) is 13.9 Å². The zero-order valence-corrected chi connectivity index (χ0v) is 19.1. The molecule has 11 heteroatoms. The summed E-state index contributed by atoms with van der Waals surface area (Å²) in [5.74, 6) is 0.389. The Morgan fingerprint density at radius 2 is 2.00 bits per heavy atom. The van der Waals surface area contributed by atoms with Gasteiger partial charge in [-0.05, 0) is 29.8 Å². The molecule has 1 saturated heterocycles. The normalized spacial score (nSPS) is 13.8. The number of Topliss-reactive ketones (excluding diaryl/α,β-unsaturated/α-hetero) is 1. The standard InChI is InChI=1S/C24H23FN6O4/c1-29-22(19(14-26-29)24(33)30-7-9-34-10-8-30)20(32)11-16-5-6-31-21(12-16)27-23(28-31)17-3-2-4-18(13-17)35-15-25/h2-6,12-14H,7-11,15H2,1H3. The summed E-state index contributed by atoms with van der Waals surface area (Å²) in [5, 5.41) is 8.61. The third-order valence-electron chi connectivity index (χ3n) is 5.81. The minimum absolute atomic E-state index is 0.0709. The predicted octanol–water partition coefficient (Wildman–Crippen LogP) is 2.33. The number of benzene rings is 1. The number of pyridine rings is 1. The lowest BCUT2D eigenvalue weighted by atomic mass is 10.0. The topological polar surface area (TPSA) is 104 Å². The molecule has 4 heterocycles. The monoisotopic (exact) mass is 478 g/mol. The molecule has 1 aliphatic rings. The van der Waals surface area contributed by atoms with Crippen LogP contribution in [0.2, 0.25) is 0 Å². The fraction of sp³-hybridized carbons (Fsp3) is 0.292. The van der Waals surface area contributed by atoms with Crippen LogP contribution in [-0.2, 0) is 18.2 Å². The van der Waals surface area contributed by atoms with E-state index in [1.54, 1.807) is 59.1 Å². The first-order valence-corrected chi connectivity index (χ1v) is 11.1. The summed E-state index contributed by atoms with van der Waals surface area (Å²) in [7, 11) is 1.65. The Balaban J connectivity index is 1.38. The molecule has 0 N–H and O–H groups in total. The molecule has 180 valence electrons. The molecule has 0 atom stereocenters. The van der Waals surface area contributed by atoms with Crippen LogP contribution < -0.4 is 4.74 Å². The maximum Gasteiger partial charge on any atom is 0.257 e. The Kier molecular flexibility index (Phi) is 6.23. The highest BCUT2D eigenvalue weighted by molar-refractivity contribution is 6.07. The number of hydrogen-bond acceptors (Lipinski definition) is 7. The van der Waals surface area contributed by atoms with E-state index < -0.39 is 6.86 Å². The van der Waals surface area contributed by atoms with E-state index in [0.717, 1.165) is 5.56 Å². The van der Waals surface area contributed by atoms with Crippen molar-refractivity contribution in [2.45, 2.75) is 6.42 Å². The second-order valence-corrected chi connectivity index (χ2v) is 8.09. The van der Waals surface area contributed by atoms with Gasteiger partial charge in [-0.2, -0.15) is 5.10 Å². The highest BCUT2D eigenvalue weighted by Gasteiger charge is 2.27. The summed E-state index contributed by atoms with van der Waals surface area (Å²) >= 11 is 0. The molecule has 0 radical (unpaired) electrons. The summed E-state index contributed by atoms with van der Waals surface area (Å²) in [6.45, 7) is 0.994. The van der Waals surface area contributed by atoms with E-state index in [0.29, 0.717) is 54.7 Å². The van der Waals surface area contributed by atoms with E-state index in [2.05, 4.69) is 15.2 Å². The number of carbonyl (C=O) groups excluding carboxylic acids is 2. The van der Waals surface area contributed by atoms with Crippen LogP contribution in [0.25, 0.3) is 17.0 Å². The minimum Gasteiger partial charge on any atom is -0.463 e. The number of aromatic nitrogens is 5. The number of hydrogen-bond donors (Lipinski definition) is 0. The maximum absolute atomic E-state index is 13.2. The SMILES string of the molecule is Cn1ncc(C(=O)N2CCOCC2)c1C(=O)Cc1ccn2nc(-c3cccc(OCF)c3)nc2c1. The number of ketones is 1. The molecule has 10 nitrogen and oxygen atoms in total. The van der Waals surface area contributed by atoms with Crippen LogP contribution >= 0.6 is 0 Å². The molecule has 3 aromatic heterocycles. The average Bonchev–Trinajstić information content (AvgIpc) is 3.48. The summed E-state index contributed by atoms with van der Waals surface area (Å²) in [4.78, 5) is 32.4. The number of aryl methyl sites for hydroxylation is 1. The lowest BCUT2D eigenvalue weighted by Gasteiger charge is -2.26. The van der Waals surface area contributed by atoms with E-state index in [4.69, 9.17) is 9.47 Å². The van der Waals surface area contributed by atoms with Crippen LogP contribution in [0.1, 0.15) is 26.4 Å². The fourth-order valence-corrected chi connectivity index (χ4v) is 4.07. The highest BCUT2D eigenvalue weighted by Crippen LogP contribution is 2.23. The third-order valence-corrected chi connectivity index (χ3v) is 5.81. The first kappa shape index (κ1) is 22.7. The van der Waals surface area contributed by atoms with Gasteiger partial charge in [0, 0.05) is 38.3 Å². The van der Waals surface area contributed by atoms with Crippen molar-refractivity contribution in [2.24, 2.45) is 7.05 Å². The number of nitrogens with zero attached hydrogens (tertiary/aromatic N) is 6. The highest BCUT2D eigenvalue weighted by atomic mass is 19.1. The Morgan fingerprint density at radius 3 is 2.80 bits per heavy atom. The zero-order valence-electron chi connectivity index (χ0n) is 19.1. The van der Waals surface area contributed by atoms with Crippen LogP contribution in [0.15, 0.2) is 48.8 Å². The molecular weight excluding hydrogens is 455 g/mol. The average molecular weight is 478 g/mol. The van der Waals surface area contributed by atoms with Crippen molar-refractivity contribution >= 4 is 17.3 Å². The van der Waals surface area contributed by atoms with Crippen LogP contribution in [-0.4, -0.2) is 74.1 Å². The van der Waals surface area contributed by atoms with Crippen molar-refractivity contribution in [2.75, 3.05) is 33.2 Å². The molecule has 4 aromatic rings. The van der Waals surface area contributed by atoms with E-state index in [9.17, 15) is 14.0 Å². The molecule has 0 unspecified atom stereocenters. The van der Waals surface area contributed by atoms with Gasteiger partial charge in [-0.3, -0.25) is 14.3 Å².